The van der Waals surface area contributed by atoms with Gasteiger partial charge in [0.1, 0.15) is 0 Å². The molecule has 0 aliphatic carbocycles. The Hall–Kier alpha value is -2.70. The summed E-state index contributed by atoms with van der Waals surface area (Å²) in [5, 5.41) is 0. The lowest BCUT2D eigenvalue weighted by molar-refractivity contribution is 0.527. The smallest absolute Gasteiger partial charge is 0.408 e. The monoisotopic (exact) mass is 439 g/mol. The van der Waals surface area contributed by atoms with E-state index in [1.54, 1.807) is 0 Å². The van der Waals surface area contributed by atoms with Gasteiger partial charge in [0.05, 0.1) is 26.3 Å². The van der Waals surface area contributed by atoms with Crippen molar-refractivity contribution in [3.63, 3.8) is 0 Å². The molecule has 0 aliphatic rings. The molecule has 0 bridgehead atoms. The second-order valence-electron chi connectivity index (χ2n) is 6.10. The zero-order valence-electron chi connectivity index (χ0n) is 14.5. The molecule has 4 aromatic rings. The van der Waals surface area contributed by atoms with Gasteiger partial charge in [-0.25, -0.2) is 26.6 Å². The predicted molar refractivity (Wildman–Crippen MR) is 105 cm³/mol. The molecule has 2 aromatic heterocycles. The van der Waals surface area contributed by atoms with Gasteiger partial charge in [-0.2, -0.15) is 0 Å². The van der Waals surface area contributed by atoms with Gasteiger partial charge in [0.25, 0.3) is 10.0 Å². The fraction of sp³-hybridized carbons (Fsp3) is 0.125. The van der Waals surface area contributed by atoms with Crippen LogP contribution in [0.2, 0.25) is 0 Å². The number of rotatable bonds is 4. The van der Waals surface area contributed by atoms with E-state index in [0.29, 0.717) is 15.7 Å². The summed E-state index contributed by atoms with van der Waals surface area (Å²) in [6, 6.07) is 8.67. The van der Waals surface area contributed by atoms with Gasteiger partial charge in [-0.15, -0.1) is 11.3 Å². The maximum absolute atomic E-state index is 12.7. The van der Waals surface area contributed by atoms with E-state index in [1.165, 1.54) is 48.0 Å². The number of hydrogen-bond donors (Lipinski definition) is 1. The molecule has 0 atom stereocenters. The fourth-order valence-electron chi connectivity index (χ4n) is 2.62. The largest absolute Gasteiger partial charge is 0.419 e. The summed E-state index contributed by atoms with van der Waals surface area (Å²) < 4.78 is 57.9. The molecule has 0 saturated heterocycles. The van der Waals surface area contributed by atoms with Crippen LogP contribution in [0.5, 0.6) is 0 Å². The SMILES string of the molecule is Cn1c(=O)oc2cc(S(=O)(=O)Nc3ccc4nc(S(C)(=O)=O)sc4c3)ccc21. The van der Waals surface area contributed by atoms with Crippen LogP contribution in [0.25, 0.3) is 21.3 Å². The Kier molecular flexibility index (Phi) is 4.10. The molecule has 0 unspecified atom stereocenters. The van der Waals surface area contributed by atoms with Crippen molar-refractivity contribution in [2.45, 2.75) is 9.24 Å². The van der Waals surface area contributed by atoms with Crippen LogP contribution in [0, 0.1) is 0 Å². The van der Waals surface area contributed by atoms with E-state index < -0.39 is 25.6 Å². The maximum Gasteiger partial charge on any atom is 0.419 e. The summed E-state index contributed by atoms with van der Waals surface area (Å²) in [6.07, 6.45) is 1.06. The summed E-state index contributed by atoms with van der Waals surface area (Å²) in [4.78, 5) is 15.5. The number of anilines is 1. The Morgan fingerprint density at radius 2 is 1.86 bits per heavy atom. The van der Waals surface area contributed by atoms with Crippen LogP contribution in [0.3, 0.4) is 0 Å². The minimum Gasteiger partial charge on any atom is -0.408 e. The highest BCUT2D eigenvalue weighted by atomic mass is 32.2. The van der Waals surface area contributed by atoms with Gasteiger partial charge in [0.15, 0.2) is 5.58 Å². The van der Waals surface area contributed by atoms with Crippen LogP contribution in [0.15, 0.2) is 54.8 Å². The Morgan fingerprint density at radius 1 is 1.11 bits per heavy atom. The van der Waals surface area contributed by atoms with Crippen molar-refractivity contribution in [3.8, 4) is 0 Å². The molecule has 0 amide bonds. The van der Waals surface area contributed by atoms with Crippen molar-refractivity contribution < 1.29 is 21.3 Å². The van der Waals surface area contributed by atoms with Crippen LogP contribution in [0.4, 0.5) is 5.69 Å². The molecule has 2 heterocycles. The summed E-state index contributed by atoms with van der Waals surface area (Å²) in [5.74, 6) is -0.588. The van der Waals surface area contributed by atoms with E-state index in [-0.39, 0.29) is 20.5 Å². The van der Waals surface area contributed by atoms with Crippen molar-refractivity contribution in [3.05, 3.63) is 46.9 Å². The number of hydrogen-bond acceptors (Lipinski definition) is 8. The van der Waals surface area contributed by atoms with E-state index in [4.69, 9.17) is 4.42 Å². The average Bonchev–Trinajstić information content (AvgIpc) is 3.15. The number of benzene rings is 2. The molecular formula is C16H13N3O6S3. The molecule has 0 aliphatic heterocycles. The van der Waals surface area contributed by atoms with E-state index in [2.05, 4.69) is 9.71 Å². The molecular weight excluding hydrogens is 426 g/mol. The minimum absolute atomic E-state index is 0.0351. The summed E-state index contributed by atoms with van der Waals surface area (Å²) in [6.45, 7) is 0. The van der Waals surface area contributed by atoms with Gasteiger partial charge in [-0.3, -0.25) is 9.29 Å². The Labute approximate surface area is 163 Å². The second kappa shape index (κ2) is 6.15. The minimum atomic E-state index is -3.95. The Morgan fingerprint density at radius 3 is 2.57 bits per heavy atom. The highest BCUT2D eigenvalue weighted by molar-refractivity contribution is 7.93. The van der Waals surface area contributed by atoms with Crippen LogP contribution >= 0.6 is 11.3 Å². The second-order valence-corrected chi connectivity index (χ2v) is 11.0. The van der Waals surface area contributed by atoms with E-state index in [9.17, 15) is 21.6 Å². The quantitative estimate of drug-likeness (QED) is 0.514. The third-order valence-electron chi connectivity index (χ3n) is 4.01. The number of fused-ring (bicyclic) bond motifs is 2. The number of nitrogens with zero attached hydrogens (tertiary/aromatic N) is 2. The molecule has 146 valence electrons. The fourth-order valence-corrected chi connectivity index (χ4v) is 5.56. The first-order chi connectivity index (χ1) is 13.0. The molecule has 0 fully saturated rings. The first kappa shape index (κ1) is 18.7. The zero-order chi connectivity index (χ0) is 20.3. The van der Waals surface area contributed by atoms with E-state index in [1.807, 2.05) is 0 Å². The van der Waals surface area contributed by atoms with Crippen LogP contribution in [0.1, 0.15) is 0 Å². The van der Waals surface area contributed by atoms with Crippen molar-refractivity contribution in [1.29, 1.82) is 0 Å². The molecule has 1 N–H and O–H groups in total. The van der Waals surface area contributed by atoms with Crippen molar-refractivity contribution in [1.82, 2.24) is 9.55 Å². The molecule has 4 rings (SSSR count). The average molecular weight is 439 g/mol. The van der Waals surface area contributed by atoms with Gasteiger partial charge in [-0.1, -0.05) is 0 Å². The summed E-state index contributed by atoms with van der Waals surface area (Å²) >= 11 is 0.960. The number of aryl methyl sites for hydroxylation is 1. The third-order valence-corrected chi connectivity index (χ3v) is 8.09. The molecule has 12 heteroatoms. The number of sulfonamides is 1. The van der Waals surface area contributed by atoms with Crippen molar-refractivity contribution in [2.75, 3.05) is 11.0 Å². The van der Waals surface area contributed by atoms with Gasteiger partial charge < -0.3 is 4.42 Å². The van der Waals surface area contributed by atoms with Gasteiger partial charge in [0.2, 0.25) is 14.2 Å². The van der Waals surface area contributed by atoms with Crippen LogP contribution in [-0.2, 0) is 26.9 Å². The lowest BCUT2D eigenvalue weighted by Gasteiger charge is -2.08. The van der Waals surface area contributed by atoms with Crippen molar-refractivity contribution >= 4 is 58.2 Å². The molecule has 0 spiro atoms. The third kappa shape index (κ3) is 3.19. The lowest BCUT2D eigenvalue weighted by Crippen LogP contribution is -2.12. The Balaban J connectivity index is 1.72. The number of nitrogens with one attached hydrogen (secondary N) is 1. The first-order valence-corrected chi connectivity index (χ1v) is 12.0. The van der Waals surface area contributed by atoms with Gasteiger partial charge >= 0.3 is 5.76 Å². The summed E-state index contributed by atoms with van der Waals surface area (Å²) in [5.41, 5.74) is 1.35. The molecule has 28 heavy (non-hydrogen) atoms. The van der Waals surface area contributed by atoms with Crippen molar-refractivity contribution in [2.24, 2.45) is 7.05 Å². The molecule has 2 aromatic carbocycles. The lowest BCUT2D eigenvalue weighted by atomic mass is 10.3. The molecule has 0 radical (unpaired) electrons. The normalized spacial score (nSPS) is 12.6. The molecule has 0 saturated carbocycles. The van der Waals surface area contributed by atoms with Crippen LogP contribution < -0.4 is 10.5 Å². The predicted octanol–water partition coefficient (Wildman–Crippen LogP) is 1.95. The summed E-state index contributed by atoms with van der Waals surface area (Å²) in [7, 11) is -5.88. The standard InChI is InChI=1S/C16H13N3O6S3/c1-19-12-6-4-10(8-13(12)25-16(19)20)28(23,24)18-9-3-5-11-14(7-9)26-15(17-11)27(2,21)22/h3-8,18H,1-2H3. The highest BCUT2D eigenvalue weighted by Gasteiger charge is 2.19. The first-order valence-electron chi connectivity index (χ1n) is 7.78. The number of aromatic nitrogens is 2. The Bertz CT molecular complexity index is 1510. The number of thiazole rings is 1. The van der Waals surface area contributed by atoms with E-state index >= 15 is 0 Å². The number of oxazole rings is 1. The molecule has 9 nitrogen and oxygen atoms in total. The van der Waals surface area contributed by atoms with Crippen LogP contribution in [-0.4, -0.2) is 32.6 Å². The zero-order valence-corrected chi connectivity index (χ0v) is 17.0. The highest BCUT2D eigenvalue weighted by Crippen LogP contribution is 2.29. The topological polar surface area (TPSA) is 128 Å². The van der Waals surface area contributed by atoms with Gasteiger partial charge in [-0.05, 0) is 30.3 Å². The maximum atomic E-state index is 12.7. The van der Waals surface area contributed by atoms with E-state index in [0.717, 1.165) is 17.6 Å². The van der Waals surface area contributed by atoms with Gasteiger partial charge in [0, 0.05) is 19.4 Å². The number of sulfone groups is 1.